The van der Waals surface area contributed by atoms with Crippen molar-refractivity contribution in [2.45, 2.75) is 41.5 Å². The summed E-state index contributed by atoms with van der Waals surface area (Å²) in [5.74, 6) is 0. The Labute approximate surface area is 529 Å². The average molecular weight is 1150 g/mol. The summed E-state index contributed by atoms with van der Waals surface area (Å²) in [5.41, 5.74) is 16.2. The van der Waals surface area contributed by atoms with E-state index in [2.05, 4.69) is 369 Å². The van der Waals surface area contributed by atoms with Crippen LogP contribution in [0.15, 0.2) is 328 Å². The molecule has 18 rings (SSSR count). The monoisotopic (exact) mass is 1150 g/mol. The molecule has 0 spiro atoms. The molecule has 0 aromatic heterocycles. The SMILES string of the molecule is Cc1c2ccccc2cc2ccccc12.Cc1cc2ccccc2c2ccccc12.Cc1ccc2c3c(cccc13)-c1ccccc1-2.Cc1ccc2ccccc2c1.Cc1cccc(-c2cc3ccccc3c3ccccc23)c1.Cc1cccc2ccccc12. The average Bonchev–Trinajstić information content (AvgIpc) is 1.56. The standard InChI is InChI=1S/C21H16.C17H12.2C15H12.2C11H10/c1-15-7-6-9-16(13-15)21-14-17-8-2-3-10-18(17)19-11-4-5-12-20(19)21;1-11-9-10-16-14-6-3-2-5-13(14)15-8-4-7-12(11)17(15)16;1-11-14-8-4-2-6-12(14)10-13-7-3-5-9-15(11)13;1-11-10-12-6-2-3-8-14(12)15-9-5-4-7-13(11)15;1-9-5-4-7-10-6-2-3-8-11(9)10;1-9-6-7-10-4-2-3-5-11(10)8-9/h2-14H,1H3;2-10H,1H3;2*2-10H,1H3;2*2-8H,1H3. The predicted octanol–water partition coefficient (Wildman–Crippen LogP) is 25.7. The second-order valence-electron chi connectivity index (χ2n) is 23.8. The minimum Gasteiger partial charge on any atom is -0.0616 e. The summed E-state index contributed by atoms with van der Waals surface area (Å²) in [7, 11) is 0. The maximum absolute atomic E-state index is 2.31. The largest absolute Gasteiger partial charge is 0.0616 e. The molecule has 0 N–H and O–H groups in total. The van der Waals surface area contributed by atoms with Crippen LogP contribution in [0.25, 0.3) is 130 Å². The second-order valence-corrected chi connectivity index (χ2v) is 23.8. The molecule has 90 heavy (non-hydrogen) atoms. The minimum atomic E-state index is 1.29. The van der Waals surface area contributed by atoms with Crippen LogP contribution in [-0.2, 0) is 0 Å². The highest BCUT2D eigenvalue weighted by atomic mass is 14.2. The molecular weight excluding hydrogens is 1080 g/mol. The van der Waals surface area contributed by atoms with Crippen molar-refractivity contribution in [3.05, 3.63) is 361 Å². The van der Waals surface area contributed by atoms with Gasteiger partial charge in [0.15, 0.2) is 0 Å². The van der Waals surface area contributed by atoms with E-state index in [-0.39, 0.29) is 0 Å². The van der Waals surface area contributed by atoms with Gasteiger partial charge in [0, 0.05) is 0 Å². The maximum atomic E-state index is 2.31. The first-order chi connectivity index (χ1) is 44.1. The lowest BCUT2D eigenvalue weighted by atomic mass is 9.93. The van der Waals surface area contributed by atoms with Crippen molar-refractivity contribution in [1.29, 1.82) is 0 Å². The maximum Gasteiger partial charge on any atom is -0.00237 e. The number of rotatable bonds is 1. The molecule has 0 nitrogen and oxygen atoms in total. The van der Waals surface area contributed by atoms with Crippen LogP contribution in [0.3, 0.4) is 0 Å². The first-order valence-electron chi connectivity index (χ1n) is 31.4. The molecule has 0 atom stereocenters. The molecule has 1 aliphatic carbocycles. The Morgan fingerprint density at radius 2 is 0.578 bits per heavy atom. The number of hydrogen-bond donors (Lipinski definition) is 0. The van der Waals surface area contributed by atoms with E-state index < -0.39 is 0 Å². The lowest BCUT2D eigenvalue weighted by molar-refractivity contribution is 1.47. The Morgan fingerprint density at radius 3 is 1.20 bits per heavy atom. The predicted molar refractivity (Wildman–Crippen MR) is 394 cm³/mol. The van der Waals surface area contributed by atoms with E-state index in [0.29, 0.717) is 0 Å². The summed E-state index contributed by atoms with van der Waals surface area (Å²) >= 11 is 0. The van der Waals surface area contributed by atoms with Gasteiger partial charge < -0.3 is 0 Å². The van der Waals surface area contributed by atoms with Gasteiger partial charge in [-0.2, -0.15) is 0 Å². The zero-order valence-corrected chi connectivity index (χ0v) is 52.2. The van der Waals surface area contributed by atoms with E-state index in [1.165, 1.54) is 164 Å². The molecule has 0 unspecified atom stereocenters. The molecular formula is C90H72. The van der Waals surface area contributed by atoms with Gasteiger partial charge in [-0.25, -0.2) is 0 Å². The van der Waals surface area contributed by atoms with Gasteiger partial charge in [0.1, 0.15) is 0 Å². The quantitative estimate of drug-likeness (QED) is 0.114. The minimum absolute atomic E-state index is 1.29. The van der Waals surface area contributed by atoms with Crippen molar-refractivity contribution in [2.24, 2.45) is 0 Å². The van der Waals surface area contributed by atoms with Crippen LogP contribution >= 0.6 is 0 Å². The van der Waals surface area contributed by atoms with Crippen LogP contribution in [0, 0.1) is 41.5 Å². The van der Waals surface area contributed by atoms with Gasteiger partial charge in [0.05, 0.1) is 0 Å². The highest BCUT2D eigenvalue weighted by molar-refractivity contribution is 6.16. The fourth-order valence-corrected chi connectivity index (χ4v) is 13.2. The van der Waals surface area contributed by atoms with Crippen LogP contribution in [0.4, 0.5) is 0 Å². The van der Waals surface area contributed by atoms with Gasteiger partial charge in [-0.3, -0.25) is 0 Å². The van der Waals surface area contributed by atoms with E-state index in [1.54, 1.807) is 0 Å². The second kappa shape index (κ2) is 26.2. The fourth-order valence-electron chi connectivity index (χ4n) is 13.2. The lowest BCUT2D eigenvalue weighted by Crippen LogP contribution is -1.85. The first-order valence-corrected chi connectivity index (χ1v) is 31.4. The molecule has 0 aliphatic heterocycles. The Hall–Kier alpha value is -10.9. The molecule has 0 saturated heterocycles. The third-order valence-electron chi connectivity index (χ3n) is 17.8. The molecule has 0 bridgehead atoms. The van der Waals surface area contributed by atoms with E-state index >= 15 is 0 Å². The van der Waals surface area contributed by atoms with Crippen molar-refractivity contribution in [3.63, 3.8) is 0 Å². The Balaban J connectivity index is 0.000000100. The zero-order chi connectivity index (χ0) is 61.5. The van der Waals surface area contributed by atoms with Crippen LogP contribution < -0.4 is 0 Å². The summed E-state index contributed by atoms with van der Waals surface area (Å²) < 4.78 is 0. The molecule has 17 aromatic rings. The molecule has 17 aromatic carbocycles. The van der Waals surface area contributed by atoms with E-state index in [1.807, 2.05) is 0 Å². The third kappa shape index (κ3) is 12.1. The van der Waals surface area contributed by atoms with Gasteiger partial charge in [-0.15, -0.1) is 0 Å². The molecule has 432 valence electrons. The van der Waals surface area contributed by atoms with Crippen LogP contribution in [-0.4, -0.2) is 0 Å². The number of hydrogen-bond acceptors (Lipinski definition) is 0. The Kier molecular flexibility index (Phi) is 16.9. The van der Waals surface area contributed by atoms with Crippen LogP contribution in [0.5, 0.6) is 0 Å². The number of aryl methyl sites for hydroxylation is 6. The third-order valence-corrected chi connectivity index (χ3v) is 17.8. The van der Waals surface area contributed by atoms with Crippen molar-refractivity contribution >= 4 is 97.0 Å². The van der Waals surface area contributed by atoms with Crippen molar-refractivity contribution in [1.82, 2.24) is 0 Å². The summed E-state index contributed by atoms with van der Waals surface area (Å²) in [4.78, 5) is 0. The van der Waals surface area contributed by atoms with Crippen LogP contribution in [0.1, 0.15) is 33.4 Å². The lowest BCUT2D eigenvalue weighted by Gasteiger charge is -2.11. The normalized spacial score (nSPS) is 11.0. The molecule has 0 heterocycles. The molecule has 0 amide bonds. The first kappa shape index (κ1) is 58.1. The van der Waals surface area contributed by atoms with Crippen molar-refractivity contribution in [3.8, 4) is 33.4 Å². The zero-order valence-electron chi connectivity index (χ0n) is 52.2. The van der Waals surface area contributed by atoms with Gasteiger partial charge in [-0.05, 0) is 206 Å². The van der Waals surface area contributed by atoms with Crippen LogP contribution in [0.2, 0.25) is 0 Å². The molecule has 1 aliphatic rings. The van der Waals surface area contributed by atoms with Gasteiger partial charge in [0.2, 0.25) is 0 Å². The highest BCUT2D eigenvalue weighted by Crippen LogP contribution is 2.47. The van der Waals surface area contributed by atoms with Gasteiger partial charge in [-0.1, -0.05) is 327 Å². The molecule has 0 saturated carbocycles. The van der Waals surface area contributed by atoms with E-state index in [0.717, 1.165) is 0 Å². The summed E-state index contributed by atoms with van der Waals surface area (Å²) in [6.07, 6.45) is 0. The smallest absolute Gasteiger partial charge is 0.00237 e. The summed E-state index contributed by atoms with van der Waals surface area (Å²) in [6, 6.07) is 117. The number of benzene rings is 17. The van der Waals surface area contributed by atoms with Crippen molar-refractivity contribution in [2.75, 3.05) is 0 Å². The van der Waals surface area contributed by atoms with E-state index in [4.69, 9.17) is 0 Å². The highest BCUT2D eigenvalue weighted by Gasteiger charge is 2.21. The molecule has 0 radical (unpaired) electrons. The Bertz CT molecular complexity index is 5340. The summed E-state index contributed by atoms with van der Waals surface area (Å²) in [5, 5.41) is 24.2. The van der Waals surface area contributed by atoms with Crippen molar-refractivity contribution < 1.29 is 0 Å². The fraction of sp³-hybridized carbons (Fsp3) is 0.0667. The van der Waals surface area contributed by atoms with Gasteiger partial charge in [0.25, 0.3) is 0 Å². The Morgan fingerprint density at radius 1 is 0.167 bits per heavy atom. The summed E-state index contributed by atoms with van der Waals surface area (Å²) in [6.45, 7) is 13.0. The topological polar surface area (TPSA) is 0 Å². The molecule has 0 fully saturated rings. The number of fused-ring (bicyclic) bond motifs is 13. The van der Waals surface area contributed by atoms with Gasteiger partial charge >= 0.3 is 0 Å². The van der Waals surface area contributed by atoms with E-state index in [9.17, 15) is 0 Å². The molecule has 0 heteroatoms.